The molecule has 0 aromatic heterocycles. The number of hydrogen-bond donors (Lipinski definition) is 0. The fourth-order valence-electron chi connectivity index (χ4n) is 2.99. The van der Waals surface area contributed by atoms with Crippen molar-refractivity contribution in [2.45, 2.75) is 19.0 Å². The van der Waals surface area contributed by atoms with Crippen LogP contribution in [-0.4, -0.2) is 43.4 Å². The lowest BCUT2D eigenvalue weighted by molar-refractivity contribution is -0.136. The van der Waals surface area contributed by atoms with Gasteiger partial charge in [-0.1, -0.05) is 23.7 Å². The first-order valence-corrected chi connectivity index (χ1v) is 10.6. The highest BCUT2D eigenvalue weighted by Crippen LogP contribution is 2.21. The molecule has 2 aromatic rings. The van der Waals surface area contributed by atoms with Gasteiger partial charge in [0.2, 0.25) is 0 Å². The van der Waals surface area contributed by atoms with E-state index in [0.29, 0.717) is 17.2 Å². The van der Waals surface area contributed by atoms with E-state index in [1.165, 1.54) is 17.0 Å². The highest BCUT2D eigenvalue weighted by molar-refractivity contribution is 7.91. The molecule has 1 heterocycles. The molecule has 8 heteroatoms. The fraction of sp³-hybridized carbons (Fsp3) is 0.316. The van der Waals surface area contributed by atoms with Crippen LogP contribution in [0.1, 0.15) is 12.0 Å². The number of amides is 1. The zero-order chi connectivity index (χ0) is 19.4. The Bertz CT molecular complexity index is 900. The van der Waals surface area contributed by atoms with Crippen LogP contribution in [0.25, 0.3) is 0 Å². The summed E-state index contributed by atoms with van der Waals surface area (Å²) in [5.41, 5.74) is 0.723. The van der Waals surface area contributed by atoms with Gasteiger partial charge < -0.3 is 9.64 Å². The first kappa shape index (κ1) is 19.6. The molecule has 3 rings (SSSR count). The molecule has 27 heavy (non-hydrogen) atoms. The average Bonchev–Trinajstić information content (AvgIpc) is 3.00. The van der Waals surface area contributed by atoms with Crippen LogP contribution in [0.5, 0.6) is 5.75 Å². The second-order valence-electron chi connectivity index (χ2n) is 6.45. The Kier molecular flexibility index (Phi) is 6.01. The summed E-state index contributed by atoms with van der Waals surface area (Å²) in [5, 5.41) is 0.558. The average molecular weight is 412 g/mol. The molecule has 2 aromatic carbocycles. The monoisotopic (exact) mass is 411 g/mol. The highest BCUT2D eigenvalue weighted by atomic mass is 35.5. The molecular weight excluding hydrogens is 393 g/mol. The summed E-state index contributed by atoms with van der Waals surface area (Å²) < 4.78 is 42.3. The third-order valence-corrected chi connectivity index (χ3v) is 6.41. The number of benzene rings is 2. The molecule has 1 aliphatic rings. The lowest BCUT2D eigenvalue weighted by Crippen LogP contribution is -2.43. The molecule has 0 bridgehead atoms. The van der Waals surface area contributed by atoms with Crippen molar-refractivity contribution in [2.24, 2.45) is 0 Å². The molecular formula is C19H19ClFNO4S. The van der Waals surface area contributed by atoms with E-state index in [4.69, 9.17) is 16.3 Å². The lowest BCUT2D eigenvalue weighted by atomic mass is 10.1. The van der Waals surface area contributed by atoms with Crippen molar-refractivity contribution in [1.82, 2.24) is 4.90 Å². The van der Waals surface area contributed by atoms with Crippen LogP contribution >= 0.6 is 11.6 Å². The van der Waals surface area contributed by atoms with E-state index in [1.54, 1.807) is 36.4 Å². The van der Waals surface area contributed by atoms with E-state index in [1.807, 2.05) is 0 Å². The number of halogens is 2. The van der Waals surface area contributed by atoms with Gasteiger partial charge in [0.05, 0.1) is 11.5 Å². The molecule has 1 fully saturated rings. The Morgan fingerprint density at radius 3 is 2.41 bits per heavy atom. The fourth-order valence-corrected chi connectivity index (χ4v) is 4.84. The summed E-state index contributed by atoms with van der Waals surface area (Å²) >= 11 is 5.82. The molecule has 5 nitrogen and oxygen atoms in total. The number of carbonyl (C=O) groups excluding carboxylic acids is 1. The predicted octanol–water partition coefficient (Wildman–Crippen LogP) is 3.07. The van der Waals surface area contributed by atoms with Gasteiger partial charge in [-0.05, 0) is 48.4 Å². The van der Waals surface area contributed by atoms with E-state index in [2.05, 4.69) is 0 Å². The van der Waals surface area contributed by atoms with Crippen LogP contribution in [-0.2, 0) is 21.2 Å². The highest BCUT2D eigenvalue weighted by Gasteiger charge is 2.34. The van der Waals surface area contributed by atoms with Gasteiger partial charge in [0.25, 0.3) is 5.91 Å². The van der Waals surface area contributed by atoms with Gasteiger partial charge in [-0.2, -0.15) is 0 Å². The molecule has 1 saturated heterocycles. The third-order valence-electron chi connectivity index (χ3n) is 4.41. The van der Waals surface area contributed by atoms with Gasteiger partial charge in [-0.25, -0.2) is 12.8 Å². The van der Waals surface area contributed by atoms with Crippen LogP contribution in [0.3, 0.4) is 0 Å². The minimum Gasteiger partial charge on any atom is -0.484 e. The van der Waals surface area contributed by atoms with Crippen LogP contribution in [0, 0.1) is 5.82 Å². The molecule has 1 aliphatic heterocycles. The van der Waals surface area contributed by atoms with Gasteiger partial charge >= 0.3 is 0 Å². The van der Waals surface area contributed by atoms with Crippen molar-refractivity contribution < 1.29 is 22.3 Å². The number of hydrogen-bond acceptors (Lipinski definition) is 4. The maximum atomic E-state index is 13.1. The van der Waals surface area contributed by atoms with E-state index in [0.717, 1.165) is 5.56 Å². The van der Waals surface area contributed by atoms with Crippen LogP contribution < -0.4 is 4.74 Å². The summed E-state index contributed by atoms with van der Waals surface area (Å²) in [6.45, 7) is -0.0251. The van der Waals surface area contributed by atoms with Crippen LogP contribution in [0.4, 0.5) is 4.39 Å². The SMILES string of the molecule is O=C(COc1ccc(Cl)cc1)N(Cc1ccc(F)cc1)[C@@H]1CCS(=O)(=O)C1. The summed E-state index contributed by atoms with van der Waals surface area (Å²) in [6.07, 6.45) is 0.385. The molecule has 0 unspecified atom stereocenters. The molecule has 1 amide bonds. The zero-order valence-electron chi connectivity index (χ0n) is 14.5. The molecule has 0 radical (unpaired) electrons. The molecule has 0 N–H and O–H groups in total. The van der Waals surface area contributed by atoms with Crippen molar-refractivity contribution in [3.63, 3.8) is 0 Å². The van der Waals surface area contributed by atoms with Gasteiger partial charge in [0, 0.05) is 17.6 Å². The van der Waals surface area contributed by atoms with Crippen LogP contribution in [0.2, 0.25) is 5.02 Å². The van der Waals surface area contributed by atoms with Gasteiger partial charge in [0.15, 0.2) is 16.4 Å². The van der Waals surface area contributed by atoms with Gasteiger partial charge in [-0.15, -0.1) is 0 Å². The Morgan fingerprint density at radius 2 is 1.81 bits per heavy atom. The van der Waals surface area contributed by atoms with Crippen molar-refractivity contribution in [1.29, 1.82) is 0 Å². The minimum atomic E-state index is -3.15. The predicted molar refractivity (Wildman–Crippen MR) is 101 cm³/mol. The smallest absolute Gasteiger partial charge is 0.261 e. The van der Waals surface area contributed by atoms with Crippen LogP contribution in [0.15, 0.2) is 48.5 Å². The second-order valence-corrected chi connectivity index (χ2v) is 9.11. The maximum absolute atomic E-state index is 13.1. The second kappa shape index (κ2) is 8.27. The Labute approximate surface area is 162 Å². The summed E-state index contributed by atoms with van der Waals surface area (Å²) in [6, 6.07) is 12.0. The van der Waals surface area contributed by atoms with Gasteiger partial charge in [-0.3, -0.25) is 4.79 Å². The van der Waals surface area contributed by atoms with Crippen molar-refractivity contribution in [2.75, 3.05) is 18.1 Å². The molecule has 1 atom stereocenters. The summed E-state index contributed by atoms with van der Waals surface area (Å²) in [5.74, 6) is -0.208. The summed E-state index contributed by atoms with van der Waals surface area (Å²) in [4.78, 5) is 14.3. The lowest BCUT2D eigenvalue weighted by Gasteiger charge is -2.28. The van der Waals surface area contributed by atoms with E-state index in [9.17, 15) is 17.6 Å². The van der Waals surface area contributed by atoms with Crippen molar-refractivity contribution >= 4 is 27.3 Å². The zero-order valence-corrected chi connectivity index (χ0v) is 16.0. The molecule has 0 aliphatic carbocycles. The van der Waals surface area contributed by atoms with Gasteiger partial charge in [0.1, 0.15) is 11.6 Å². The molecule has 144 valence electrons. The Hall–Kier alpha value is -2.12. The van der Waals surface area contributed by atoms with E-state index < -0.39 is 15.9 Å². The maximum Gasteiger partial charge on any atom is 0.261 e. The molecule has 0 saturated carbocycles. The Balaban J connectivity index is 1.72. The summed E-state index contributed by atoms with van der Waals surface area (Å²) in [7, 11) is -3.15. The number of ether oxygens (including phenoxy) is 1. The van der Waals surface area contributed by atoms with E-state index >= 15 is 0 Å². The number of nitrogens with zero attached hydrogens (tertiary/aromatic N) is 1. The van der Waals surface area contributed by atoms with Crippen molar-refractivity contribution in [3.05, 3.63) is 64.9 Å². The first-order chi connectivity index (χ1) is 12.8. The minimum absolute atomic E-state index is 0.0584. The first-order valence-electron chi connectivity index (χ1n) is 8.45. The number of rotatable bonds is 6. The topological polar surface area (TPSA) is 63.7 Å². The Morgan fingerprint density at radius 1 is 1.15 bits per heavy atom. The third kappa shape index (κ3) is 5.43. The molecule has 0 spiro atoms. The van der Waals surface area contributed by atoms with E-state index in [-0.39, 0.29) is 36.4 Å². The largest absolute Gasteiger partial charge is 0.484 e. The standard InChI is InChI=1S/C19H19ClFNO4S/c20-15-3-7-18(8-4-15)26-12-19(23)22(17-9-10-27(24,25)13-17)11-14-1-5-16(21)6-2-14/h1-8,17H,9-13H2/t17-/m1/s1. The number of sulfone groups is 1. The quantitative estimate of drug-likeness (QED) is 0.732. The van der Waals surface area contributed by atoms with Crippen molar-refractivity contribution in [3.8, 4) is 5.75 Å². The normalized spacial score (nSPS) is 18.2. The number of carbonyl (C=O) groups is 1.